The average Bonchev–Trinajstić information content (AvgIpc) is 2.46. The standard InChI is InChI=1S/C16H23FN2O3S/c1-12(2)10-16(20)18-6-8-19(9-7-18)23(21,22)15-5-4-14(17)11-13(15)3/h4-5,11-12H,6-10H2,1-3H3. The molecule has 1 heterocycles. The van der Waals surface area contributed by atoms with Gasteiger partial charge in [-0.1, -0.05) is 13.8 Å². The number of hydrogen-bond acceptors (Lipinski definition) is 3. The zero-order valence-corrected chi connectivity index (χ0v) is 14.6. The Balaban J connectivity index is 2.08. The number of amides is 1. The van der Waals surface area contributed by atoms with Crippen LogP contribution in [0.5, 0.6) is 0 Å². The summed E-state index contributed by atoms with van der Waals surface area (Å²) in [7, 11) is -3.65. The average molecular weight is 342 g/mol. The van der Waals surface area contributed by atoms with Gasteiger partial charge in [-0.15, -0.1) is 0 Å². The minimum absolute atomic E-state index is 0.0648. The molecule has 23 heavy (non-hydrogen) atoms. The largest absolute Gasteiger partial charge is 0.340 e. The molecular formula is C16H23FN2O3S. The van der Waals surface area contributed by atoms with Gasteiger partial charge in [0.05, 0.1) is 4.90 Å². The number of benzene rings is 1. The van der Waals surface area contributed by atoms with Gasteiger partial charge in [-0.25, -0.2) is 12.8 Å². The molecule has 0 bridgehead atoms. The van der Waals surface area contributed by atoms with Crippen LogP contribution in [0.15, 0.2) is 23.1 Å². The van der Waals surface area contributed by atoms with Crippen molar-refractivity contribution < 1.29 is 17.6 Å². The van der Waals surface area contributed by atoms with Gasteiger partial charge in [0.15, 0.2) is 0 Å². The highest BCUT2D eigenvalue weighted by Crippen LogP contribution is 2.22. The van der Waals surface area contributed by atoms with Crippen LogP contribution in [0.2, 0.25) is 0 Å². The number of carbonyl (C=O) groups excluding carboxylic acids is 1. The summed E-state index contributed by atoms with van der Waals surface area (Å²) in [6.45, 7) is 6.87. The van der Waals surface area contributed by atoms with Crippen molar-refractivity contribution in [3.8, 4) is 0 Å². The summed E-state index contributed by atoms with van der Waals surface area (Å²) in [5, 5.41) is 0. The Labute approximate surface area is 137 Å². The van der Waals surface area contributed by atoms with Crippen LogP contribution in [-0.2, 0) is 14.8 Å². The molecule has 0 aromatic heterocycles. The van der Waals surface area contributed by atoms with E-state index in [9.17, 15) is 17.6 Å². The van der Waals surface area contributed by atoms with Crippen molar-refractivity contribution in [2.24, 2.45) is 5.92 Å². The molecular weight excluding hydrogens is 319 g/mol. The number of rotatable bonds is 4. The third-order valence-corrected chi connectivity index (χ3v) is 5.99. The molecule has 1 aliphatic heterocycles. The number of carbonyl (C=O) groups is 1. The zero-order valence-electron chi connectivity index (χ0n) is 13.8. The molecule has 1 amide bonds. The predicted molar refractivity (Wildman–Crippen MR) is 85.9 cm³/mol. The fraction of sp³-hybridized carbons (Fsp3) is 0.562. The molecule has 0 atom stereocenters. The summed E-state index contributed by atoms with van der Waals surface area (Å²) in [5.74, 6) is -0.105. The van der Waals surface area contributed by atoms with E-state index in [1.807, 2.05) is 13.8 Å². The monoisotopic (exact) mass is 342 g/mol. The minimum atomic E-state index is -3.65. The molecule has 5 nitrogen and oxygen atoms in total. The molecule has 0 spiro atoms. The summed E-state index contributed by atoms with van der Waals surface area (Å²) in [6.07, 6.45) is 0.476. The molecule has 7 heteroatoms. The molecule has 128 valence electrons. The van der Waals surface area contributed by atoms with Crippen molar-refractivity contribution in [1.29, 1.82) is 0 Å². The molecule has 1 saturated heterocycles. The first-order chi connectivity index (χ1) is 10.7. The zero-order chi connectivity index (χ0) is 17.2. The smallest absolute Gasteiger partial charge is 0.243 e. The maximum atomic E-state index is 13.2. The van der Waals surface area contributed by atoms with Gasteiger partial charge < -0.3 is 4.90 Å². The molecule has 0 unspecified atom stereocenters. The normalized spacial score (nSPS) is 16.8. The molecule has 0 N–H and O–H groups in total. The maximum absolute atomic E-state index is 13.2. The summed E-state index contributed by atoms with van der Waals surface area (Å²) in [4.78, 5) is 13.9. The Bertz CT molecular complexity index is 681. The minimum Gasteiger partial charge on any atom is -0.340 e. The van der Waals surface area contributed by atoms with Crippen LogP contribution in [0, 0.1) is 18.7 Å². The molecule has 0 saturated carbocycles. The Morgan fingerprint density at radius 3 is 2.35 bits per heavy atom. The lowest BCUT2D eigenvalue weighted by Crippen LogP contribution is -2.50. The van der Waals surface area contributed by atoms with Crippen LogP contribution in [0.4, 0.5) is 4.39 Å². The van der Waals surface area contributed by atoms with E-state index in [2.05, 4.69) is 0 Å². The highest BCUT2D eigenvalue weighted by atomic mass is 32.2. The van der Waals surface area contributed by atoms with Gasteiger partial charge in [0.1, 0.15) is 5.82 Å². The molecule has 1 fully saturated rings. The van der Waals surface area contributed by atoms with Gasteiger partial charge in [0.2, 0.25) is 15.9 Å². The molecule has 1 aliphatic rings. The van der Waals surface area contributed by atoms with Gasteiger partial charge in [0.25, 0.3) is 0 Å². The maximum Gasteiger partial charge on any atom is 0.243 e. The lowest BCUT2D eigenvalue weighted by Gasteiger charge is -2.34. The quantitative estimate of drug-likeness (QED) is 0.841. The van der Waals surface area contributed by atoms with E-state index in [1.54, 1.807) is 11.8 Å². The van der Waals surface area contributed by atoms with Crippen molar-refractivity contribution in [1.82, 2.24) is 9.21 Å². The van der Waals surface area contributed by atoms with Crippen LogP contribution >= 0.6 is 0 Å². The Hall–Kier alpha value is -1.47. The van der Waals surface area contributed by atoms with E-state index in [-0.39, 0.29) is 29.8 Å². The van der Waals surface area contributed by atoms with E-state index >= 15 is 0 Å². The van der Waals surface area contributed by atoms with E-state index < -0.39 is 15.8 Å². The molecule has 1 aromatic rings. The third-order valence-electron chi connectivity index (χ3n) is 3.93. The molecule has 0 aliphatic carbocycles. The molecule has 2 rings (SSSR count). The van der Waals surface area contributed by atoms with E-state index in [0.717, 1.165) is 6.07 Å². The van der Waals surface area contributed by atoms with Gasteiger partial charge in [-0.3, -0.25) is 4.79 Å². The lowest BCUT2D eigenvalue weighted by molar-refractivity contribution is -0.133. The van der Waals surface area contributed by atoms with Gasteiger partial charge in [-0.2, -0.15) is 4.31 Å². The summed E-state index contributed by atoms with van der Waals surface area (Å²) in [5.41, 5.74) is 0.392. The SMILES string of the molecule is Cc1cc(F)ccc1S(=O)(=O)N1CCN(C(=O)CC(C)C)CC1. The van der Waals surface area contributed by atoms with Crippen LogP contribution in [0.1, 0.15) is 25.8 Å². The fourth-order valence-corrected chi connectivity index (χ4v) is 4.33. The van der Waals surface area contributed by atoms with Gasteiger partial charge in [0, 0.05) is 32.6 Å². The first-order valence-corrected chi connectivity index (χ1v) is 9.20. The highest BCUT2D eigenvalue weighted by molar-refractivity contribution is 7.89. The first kappa shape index (κ1) is 17.9. The number of aryl methyl sites for hydroxylation is 1. The molecule has 0 radical (unpaired) electrons. The number of halogens is 1. The molecule has 1 aromatic carbocycles. The predicted octanol–water partition coefficient (Wildman–Crippen LogP) is 2.01. The Morgan fingerprint density at radius 2 is 1.83 bits per heavy atom. The van der Waals surface area contributed by atoms with Gasteiger partial charge >= 0.3 is 0 Å². The van der Waals surface area contributed by atoms with Crippen LogP contribution in [-0.4, -0.2) is 49.7 Å². The van der Waals surface area contributed by atoms with Crippen LogP contribution in [0.3, 0.4) is 0 Å². The number of sulfonamides is 1. The second-order valence-corrected chi connectivity index (χ2v) is 8.20. The second-order valence-electron chi connectivity index (χ2n) is 6.29. The lowest BCUT2D eigenvalue weighted by atomic mass is 10.1. The van der Waals surface area contributed by atoms with E-state index in [4.69, 9.17) is 0 Å². The van der Waals surface area contributed by atoms with Crippen molar-refractivity contribution in [3.05, 3.63) is 29.6 Å². The number of nitrogens with zero attached hydrogens (tertiary/aromatic N) is 2. The number of hydrogen-bond donors (Lipinski definition) is 0. The van der Waals surface area contributed by atoms with Crippen LogP contribution in [0.25, 0.3) is 0 Å². The third kappa shape index (κ3) is 4.09. The van der Waals surface area contributed by atoms with E-state index in [0.29, 0.717) is 25.1 Å². The summed E-state index contributed by atoms with van der Waals surface area (Å²) < 4.78 is 39.9. The Morgan fingerprint density at radius 1 is 1.22 bits per heavy atom. The first-order valence-electron chi connectivity index (χ1n) is 7.76. The number of piperazine rings is 1. The highest BCUT2D eigenvalue weighted by Gasteiger charge is 2.31. The van der Waals surface area contributed by atoms with Crippen molar-refractivity contribution in [2.75, 3.05) is 26.2 Å². The van der Waals surface area contributed by atoms with E-state index in [1.165, 1.54) is 16.4 Å². The summed E-state index contributed by atoms with van der Waals surface area (Å²) >= 11 is 0. The second kappa shape index (κ2) is 6.97. The van der Waals surface area contributed by atoms with Gasteiger partial charge in [-0.05, 0) is 36.6 Å². The topological polar surface area (TPSA) is 57.7 Å². The van der Waals surface area contributed by atoms with Crippen molar-refractivity contribution in [3.63, 3.8) is 0 Å². The van der Waals surface area contributed by atoms with Crippen molar-refractivity contribution in [2.45, 2.75) is 32.1 Å². The fourth-order valence-electron chi connectivity index (χ4n) is 2.70. The Kier molecular flexibility index (Phi) is 5.41. The van der Waals surface area contributed by atoms with Crippen molar-refractivity contribution >= 4 is 15.9 Å². The van der Waals surface area contributed by atoms with Crippen LogP contribution < -0.4 is 0 Å². The summed E-state index contributed by atoms with van der Waals surface area (Å²) in [6, 6.07) is 3.67.